The third-order valence-corrected chi connectivity index (χ3v) is 3.22. The van der Waals surface area contributed by atoms with E-state index in [4.69, 9.17) is 10.5 Å². The molecule has 0 atom stereocenters. The molecule has 1 heterocycles. The number of methoxy groups -OCH3 is 1. The standard InChI is InChI=1S/C16H16N4O/c1-21-13-9-7-11(8-10-13)15-14(17)16(20-19-15)18-12-5-3-2-4-6-12/h2-10H,17H2,1H3,(H2,18,19,20). The molecule has 5 heteroatoms. The molecule has 0 amide bonds. The molecule has 0 aliphatic carbocycles. The topological polar surface area (TPSA) is 76.0 Å². The van der Waals surface area contributed by atoms with Crippen molar-refractivity contribution in [3.05, 3.63) is 54.6 Å². The van der Waals surface area contributed by atoms with E-state index in [1.165, 1.54) is 0 Å². The van der Waals surface area contributed by atoms with E-state index in [9.17, 15) is 0 Å². The van der Waals surface area contributed by atoms with Crippen molar-refractivity contribution in [3.8, 4) is 17.0 Å². The van der Waals surface area contributed by atoms with E-state index in [0.29, 0.717) is 11.5 Å². The van der Waals surface area contributed by atoms with E-state index in [2.05, 4.69) is 15.5 Å². The highest BCUT2D eigenvalue weighted by Crippen LogP contribution is 2.31. The van der Waals surface area contributed by atoms with Crippen molar-refractivity contribution in [3.63, 3.8) is 0 Å². The summed E-state index contributed by atoms with van der Waals surface area (Å²) in [6.45, 7) is 0. The first-order valence-corrected chi connectivity index (χ1v) is 6.58. The maximum Gasteiger partial charge on any atom is 0.176 e. The van der Waals surface area contributed by atoms with Crippen molar-refractivity contribution in [2.24, 2.45) is 0 Å². The molecule has 0 radical (unpaired) electrons. The van der Waals surface area contributed by atoms with E-state index in [-0.39, 0.29) is 0 Å². The number of nitrogens with one attached hydrogen (secondary N) is 2. The van der Waals surface area contributed by atoms with E-state index < -0.39 is 0 Å². The number of hydrogen-bond donors (Lipinski definition) is 3. The molecule has 5 nitrogen and oxygen atoms in total. The smallest absolute Gasteiger partial charge is 0.176 e. The summed E-state index contributed by atoms with van der Waals surface area (Å²) in [4.78, 5) is 0. The van der Waals surface area contributed by atoms with Crippen LogP contribution in [0.2, 0.25) is 0 Å². The summed E-state index contributed by atoms with van der Waals surface area (Å²) in [5.74, 6) is 1.42. The minimum absolute atomic E-state index is 0.587. The van der Waals surface area contributed by atoms with Crippen molar-refractivity contribution in [1.82, 2.24) is 10.2 Å². The van der Waals surface area contributed by atoms with Crippen LogP contribution in [0.25, 0.3) is 11.3 Å². The molecule has 3 rings (SSSR count). The summed E-state index contributed by atoms with van der Waals surface area (Å²) in [6.07, 6.45) is 0. The van der Waals surface area contributed by atoms with Gasteiger partial charge in [0.2, 0.25) is 0 Å². The lowest BCUT2D eigenvalue weighted by Crippen LogP contribution is -1.95. The van der Waals surface area contributed by atoms with Crippen LogP contribution in [0.15, 0.2) is 54.6 Å². The highest BCUT2D eigenvalue weighted by atomic mass is 16.5. The number of rotatable bonds is 4. The number of aromatic amines is 1. The van der Waals surface area contributed by atoms with Gasteiger partial charge in [0.25, 0.3) is 0 Å². The van der Waals surface area contributed by atoms with Crippen LogP contribution in [-0.4, -0.2) is 17.3 Å². The summed E-state index contributed by atoms with van der Waals surface area (Å²) >= 11 is 0. The Balaban J connectivity index is 1.88. The fraction of sp³-hybridized carbons (Fsp3) is 0.0625. The zero-order valence-corrected chi connectivity index (χ0v) is 11.6. The molecule has 0 saturated heterocycles. The van der Waals surface area contributed by atoms with Gasteiger partial charge in [-0.3, -0.25) is 5.10 Å². The minimum Gasteiger partial charge on any atom is -0.497 e. The molecule has 106 valence electrons. The Hall–Kier alpha value is -2.95. The Morgan fingerprint density at radius 2 is 1.76 bits per heavy atom. The number of ether oxygens (including phenoxy) is 1. The maximum absolute atomic E-state index is 6.17. The number of H-pyrrole nitrogens is 1. The number of aromatic nitrogens is 2. The van der Waals surface area contributed by atoms with Gasteiger partial charge in [0.05, 0.1) is 12.8 Å². The highest BCUT2D eigenvalue weighted by Gasteiger charge is 2.11. The Bertz CT molecular complexity index is 720. The number of nitrogens with zero attached hydrogens (tertiary/aromatic N) is 1. The fourth-order valence-corrected chi connectivity index (χ4v) is 2.08. The van der Waals surface area contributed by atoms with Gasteiger partial charge in [-0.25, -0.2) is 0 Å². The van der Waals surface area contributed by atoms with Gasteiger partial charge in [-0.05, 0) is 36.4 Å². The molecule has 2 aromatic carbocycles. The summed E-state index contributed by atoms with van der Waals surface area (Å²) in [5, 5.41) is 10.4. The second kappa shape index (κ2) is 5.58. The first-order valence-electron chi connectivity index (χ1n) is 6.58. The van der Waals surface area contributed by atoms with Crippen molar-refractivity contribution in [2.45, 2.75) is 0 Å². The average molecular weight is 280 g/mol. The average Bonchev–Trinajstić information content (AvgIpc) is 2.89. The van der Waals surface area contributed by atoms with Crippen LogP contribution in [0.1, 0.15) is 0 Å². The van der Waals surface area contributed by atoms with Gasteiger partial charge in [-0.1, -0.05) is 18.2 Å². The SMILES string of the molecule is COc1ccc(-c2[nH]nc(Nc3ccccc3)c2N)cc1. The molecule has 1 aromatic heterocycles. The number of anilines is 3. The van der Waals surface area contributed by atoms with Crippen LogP contribution in [0.3, 0.4) is 0 Å². The monoisotopic (exact) mass is 280 g/mol. The van der Waals surface area contributed by atoms with Gasteiger partial charge in [0.15, 0.2) is 5.82 Å². The van der Waals surface area contributed by atoms with Crippen molar-refractivity contribution in [1.29, 1.82) is 0 Å². The first-order chi connectivity index (χ1) is 10.3. The predicted octanol–water partition coefficient (Wildman–Crippen LogP) is 3.41. The number of para-hydroxylation sites is 1. The summed E-state index contributed by atoms with van der Waals surface area (Å²) in [5.41, 5.74) is 9.44. The van der Waals surface area contributed by atoms with Gasteiger partial charge < -0.3 is 15.8 Å². The summed E-state index contributed by atoms with van der Waals surface area (Å²) < 4.78 is 5.15. The molecule has 21 heavy (non-hydrogen) atoms. The number of nitrogen functional groups attached to an aromatic ring is 1. The molecule has 0 fully saturated rings. The molecule has 0 bridgehead atoms. The second-order valence-electron chi connectivity index (χ2n) is 4.58. The minimum atomic E-state index is 0.587. The highest BCUT2D eigenvalue weighted by molar-refractivity contribution is 5.83. The lowest BCUT2D eigenvalue weighted by Gasteiger charge is -2.05. The van der Waals surface area contributed by atoms with Gasteiger partial charge in [0.1, 0.15) is 11.4 Å². The second-order valence-corrected chi connectivity index (χ2v) is 4.58. The maximum atomic E-state index is 6.17. The normalized spacial score (nSPS) is 10.3. The zero-order chi connectivity index (χ0) is 14.7. The van der Waals surface area contributed by atoms with Crippen LogP contribution < -0.4 is 15.8 Å². The van der Waals surface area contributed by atoms with E-state index in [1.54, 1.807) is 7.11 Å². The first kappa shape index (κ1) is 13.1. The van der Waals surface area contributed by atoms with Gasteiger partial charge in [0, 0.05) is 11.3 Å². The molecule has 0 saturated carbocycles. The Morgan fingerprint density at radius 3 is 2.43 bits per heavy atom. The van der Waals surface area contributed by atoms with Gasteiger partial charge in [-0.2, -0.15) is 5.10 Å². The van der Waals surface area contributed by atoms with Crippen LogP contribution in [0.4, 0.5) is 17.2 Å². The molecular formula is C16H16N4O. The number of benzene rings is 2. The van der Waals surface area contributed by atoms with Crippen LogP contribution in [0, 0.1) is 0 Å². The largest absolute Gasteiger partial charge is 0.497 e. The van der Waals surface area contributed by atoms with E-state index >= 15 is 0 Å². The van der Waals surface area contributed by atoms with E-state index in [1.807, 2.05) is 54.6 Å². The molecule has 0 aliphatic rings. The van der Waals surface area contributed by atoms with Crippen molar-refractivity contribution in [2.75, 3.05) is 18.2 Å². The van der Waals surface area contributed by atoms with Crippen molar-refractivity contribution >= 4 is 17.2 Å². The lowest BCUT2D eigenvalue weighted by atomic mass is 10.1. The predicted molar refractivity (Wildman–Crippen MR) is 84.7 cm³/mol. The van der Waals surface area contributed by atoms with Crippen LogP contribution in [-0.2, 0) is 0 Å². The molecule has 0 spiro atoms. The fourth-order valence-electron chi connectivity index (χ4n) is 2.08. The van der Waals surface area contributed by atoms with E-state index in [0.717, 1.165) is 22.7 Å². The van der Waals surface area contributed by atoms with Crippen LogP contribution >= 0.6 is 0 Å². The quantitative estimate of drug-likeness (QED) is 0.684. The third-order valence-electron chi connectivity index (χ3n) is 3.22. The zero-order valence-electron chi connectivity index (χ0n) is 11.6. The number of hydrogen-bond acceptors (Lipinski definition) is 4. The van der Waals surface area contributed by atoms with Crippen LogP contribution in [0.5, 0.6) is 5.75 Å². The molecule has 4 N–H and O–H groups in total. The molecule has 3 aromatic rings. The van der Waals surface area contributed by atoms with Gasteiger partial charge >= 0.3 is 0 Å². The number of nitrogens with two attached hydrogens (primary N) is 1. The molecular weight excluding hydrogens is 264 g/mol. The van der Waals surface area contributed by atoms with Crippen molar-refractivity contribution < 1.29 is 4.74 Å². The Labute approximate surface area is 122 Å². The Morgan fingerprint density at radius 1 is 1.05 bits per heavy atom. The molecule has 0 aliphatic heterocycles. The van der Waals surface area contributed by atoms with Gasteiger partial charge in [-0.15, -0.1) is 0 Å². The Kier molecular flexibility index (Phi) is 3.47. The lowest BCUT2D eigenvalue weighted by molar-refractivity contribution is 0.415. The summed E-state index contributed by atoms with van der Waals surface area (Å²) in [7, 11) is 1.64. The molecule has 0 unspecified atom stereocenters. The summed E-state index contributed by atoms with van der Waals surface area (Å²) in [6, 6.07) is 17.4. The third kappa shape index (κ3) is 2.67.